The van der Waals surface area contributed by atoms with Crippen molar-refractivity contribution in [1.82, 2.24) is 10.2 Å². The highest BCUT2D eigenvalue weighted by atomic mass is 35.5. The number of nitrogens with zero attached hydrogens (tertiary/aromatic N) is 1. The summed E-state index contributed by atoms with van der Waals surface area (Å²) in [5, 5.41) is 6.51. The van der Waals surface area contributed by atoms with E-state index in [9.17, 15) is 4.79 Å². The minimum absolute atomic E-state index is 0.0372. The molecule has 0 saturated heterocycles. The smallest absolute Gasteiger partial charge is 0.319 e. The molecule has 2 rings (SSSR count). The summed E-state index contributed by atoms with van der Waals surface area (Å²) in [6.07, 6.45) is 0. The van der Waals surface area contributed by atoms with Crippen LogP contribution in [0.2, 0.25) is 5.02 Å². The summed E-state index contributed by atoms with van der Waals surface area (Å²) >= 11 is 6.37. The number of urea groups is 1. The Morgan fingerprint density at radius 3 is 2.29 bits per heavy atom. The van der Waals surface area contributed by atoms with Crippen molar-refractivity contribution in [3.63, 3.8) is 0 Å². The van der Waals surface area contributed by atoms with Gasteiger partial charge in [0.2, 0.25) is 0 Å². The summed E-state index contributed by atoms with van der Waals surface area (Å²) in [6, 6.07) is 17.0. The van der Waals surface area contributed by atoms with Crippen molar-refractivity contribution in [2.45, 2.75) is 19.9 Å². The van der Waals surface area contributed by atoms with Gasteiger partial charge in [0.05, 0.1) is 6.04 Å². The monoisotopic (exact) mass is 345 g/mol. The maximum Gasteiger partial charge on any atom is 0.319 e. The lowest BCUT2D eigenvalue weighted by molar-refractivity contribution is 0.210. The van der Waals surface area contributed by atoms with Gasteiger partial charge in [-0.3, -0.25) is 4.90 Å². The highest BCUT2D eigenvalue weighted by Crippen LogP contribution is 2.26. The van der Waals surface area contributed by atoms with Gasteiger partial charge in [-0.15, -0.1) is 0 Å². The second-order valence-corrected chi connectivity index (χ2v) is 5.87. The standard InChI is InChI=1S/C19H24ClN3O/c1-3-23(4-2)18(16-12-8-9-13-17(16)20)14-21-19(24)22-15-10-6-5-7-11-15/h5-13,18H,3-4,14H2,1-2H3,(H2,21,22,24). The lowest BCUT2D eigenvalue weighted by Crippen LogP contribution is -2.39. The molecule has 0 radical (unpaired) electrons. The van der Waals surface area contributed by atoms with Crippen LogP contribution in [-0.2, 0) is 0 Å². The normalized spacial score (nSPS) is 12.0. The molecule has 0 aliphatic heterocycles. The first-order valence-electron chi connectivity index (χ1n) is 8.24. The molecule has 0 heterocycles. The van der Waals surface area contributed by atoms with Crippen LogP contribution in [0, 0.1) is 0 Å². The second-order valence-electron chi connectivity index (χ2n) is 5.46. The molecule has 2 aromatic rings. The molecule has 0 aliphatic carbocycles. The molecule has 0 aromatic heterocycles. The molecule has 4 nitrogen and oxygen atoms in total. The van der Waals surface area contributed by atoms with E-state index in [2.05, 4.69) is 29.4 Å². The quantitative estimate of drug-likeness (QED) is 0.773. The molecule has 2 N–H and O–H groups in total. The molecule has 2 amide bonds. The number of carbonyl (C=O) groups is 1. The Hall–Kier alpha value is -2.04. The highest BCUT2D eigenvalue weighted by Gasteiger charge is 2.20. The second kappa shape index (κ2) is 9.30. The number of halogens is 1. The minimum Gasteiger partial charge on any atom is -0.336 e. The van der Waals surface area contributed by atoms with Crippen LogP contribution >= 0.6 is 11.6 Å². The number of anilines is 1. The van der Waals surface area contributed by atoms with Crippen LogP contribution in [0.4, 0.5) is 10.5 Å². The fraction of sp³-hybridized carbons (Fsp3) is 0.316. The molecular weight excluding hydrogens is 322 g/mol. The van der Waals surface area contributed by atoms with Crippen LogP contribution in [0.3, 0.4) is 0 Å². The number of amides is 2. The Kier molecular flexibility index (Phi) is 7.09. The van der Waals surface area contributed by atoms with Gasteiger partial charge < -0.3 is 10.6 Å². The number of hydrogen-bond donors (Lipinski definition) is 2. The molecule has 0 bridgehead atoms. The van der Waals surface area contributed by atoms with E-state index in [-0.39, 0.29) is 12.1 Å². The number of hydrogen-bond acceptors (Lipinski definition) is 2. The van der Waals surface area contributed by atoms with Crippen LogP contribution < -0.4 is 10.6 Å². The lowest BCUT2D eigenvalue weighted by Gasteiger charge is -2.30. The molecule has 0 aliphatic rings. The summed E-state index contributed by atoms with van der Waals surface area (Å²) in [4.78, 5) is 14.4. The van der Waals surface area contributed by atoms with E-state index in [1.165, 1.54) is 0 Å². The first-order valence-corrected chi connectivity index (χ1v) is 8.61. The van der Waals surface area contributed by atoms with E-state index < -0.39 is 0 Å². The van der Waals surface area contributed by atoms with Crippen LogP contribution in [0.15, 0.2) is 54.6 Å². The number of likely N-dealkylation sites (N-methyl/N-ethyl adjacent to an activating group) is 1. The molecule has 2 aromatic carbocycles. The Bertz CT molecular complexity index is 644. The third-order valence-electron chi connectivity index (χ3n) is 4.00. The van der Waals surface area contributed by atoms with Gasteiger partial charge >= 0.3 is 6.03 Å². The summed E-state index contributed by atoms with van der Waals surface area (Å²) in [6.45, 7) is 6.47. The number of para-hydroxylation sites is 1. The molecule has 0 saturated carbocycles. The molecule has 1 unspecified atom stereocenters. The lowest BCUT2D eigenvalue weighted by atomic mass is 10.0. The summed E-state index contributed by atoms with van der Waals surface area (Å²) in [5.74, 6) is 0. The fourth-order valence-electron chi connectivity index (χ4n) is 2.73. The maximum atomic E-state index is 12.2. The van der Waals surface area contributed by atoms with Gasteiger partial charge in [0.25, 0.3) is 0 Å². The largest absolute Gasteiger partial charge is 0.336 e. The molecule has 5 heteroatoms. The van der Waals surface area contributed by atoms with Crippen LogP contribution in [0.5, 0.6) is 0 Å². The molecule has 0 fully saturated rings. The number of benzene rings is 2. The average molecular weight is 346 g/mol. The number of nitrogens with one attached hydrogen (secondary N) is 2. The summed E-state index contributed by atoms with van der Waals surface area (Å²) in [7, 11) is 0. The molecule has 24 heavy (non-hydrogen) atoms. The van der Waals surface area contributed by atoms with Crippen molar-refractivity contribution in [1.29, 1.82) is 0 Å². The van der Waals surface area contributed by atoms with Crippen LogP contribution in [0.25, 0.3) is 0 Å². The van der Waals surface area contributed by atoms with E-state index in [0.717, 1.165) is 29.4 Å². The van der Waals surface area contributed by atoms with Crippen molar-refractivity contribution in [2.24, 2.45) is 0 Å². The van der Waals surface area contributed by atoms with Crippen LogP contribution in [0.1, 0.15) is 25.5 Å². The molecule has 1 atom stereocenters. The highest BCUT2D eigenvalue weighted by molar-refractivity contribution is 6.31. The van der Waals surface area contributed by atoms with Crippen molar-refractivity contribution in [2.75, 3.05) is 25.0 Å². The zero-order chi connectivity index (χ0) is 17.4. The van der Waals surface area contributed by atoms with Gasteiger partial charge in [0.1, 0.15) is 0 Å². The first-order chi connectivity index (χ1) is 11.7. The first kappa shape index (κ1) is 18.3. The molecule has 0 spiro atoms. The van der Waals surface area contributed by atoms with E-state index in [1.54, 1.807) is 0 Å². The third-order valence-corrected chi connectivity index (χ3v) is 4.35. The summed E-state index contributed by atoms with van der Waals surface area (Å²) in [5.41, 5.74) is 1.80. The minimum atomic E-state index is -0.217. The Labute approximate surface area is 148 Å². The topological polar surface area (TPSA) is 44.4 Å². The predicted octanol–water partition coefficient (Wildman–Crippen LogP) is 4.54. The summed E-state index contributed by atoms with van der Waals surface area (Å²) < 4.78 is 0. The SMILES string of the molecule is CCN(CC)C(CNC(=O)Nc1ccccc1)c1ccccc1Cl. The molecular formula is C19H24ClN3O. The van der Waals surface area contributed by atoms with E-state index in [0.29, 0.717) is 6.54 Å². The zero-order valence-corrected chi connectivity index (χ0v) is 14.9. The van der Waals surface area contributed by atoms with Gasteiger partial charge in [-0.1, -0.05) is 61.8 Å². The maximum absolute atomic E-state index is 12.2. The van der Waals surface area contributed by atoms with E-state index in [4.69, 9.17) is 11.6 Å². The van der Waals surface area contributed by atoms with Gasteiger partial charge in [0.15, 0.2) is 0 Å². The predicted molar refractivity (Wildman–Crippen MR) is 101 cm³/mol. The van der Waals surface area contributed by atoms with Crippen LogP contribution in [-0.4, -0.2) is 30.6 Å². The Morgan fingerprint density at radius 2 is 1.67 bits per heavy atom. The van der Waals surface area contributed by atoms with E-state index in [1.807, 2.05) is 54.6 Å². The fourth-order valence-corrected chi connectivity index (χ4v) is 2.99. The van der Waals surface area contributed by atoms with E-state index >= 15 is 0 Å². The average Bonchev–Trinajstić information content (AvgIpc) is 2.60. The van der Waals surface area contributed by atoms with Crippen molar-refractivity contribution < 1.29 is 4.79 Å². The Morgan fingerprint density at radius 1 is 1.04 bits per heavy atom. The van der Waals surface area contributed by atoms with Crippen molar-refractivity contribution >= 4 is 23.3 Å². The molecule has 128 valence electrons. The van der Waals surface area contributed by atoms with Gasteiger partial charge in [-0.05, 0) is 36.9 Å². The number of rotatable bonds is 7. The van der Waals surface area contributed by atoms with Gasteiger partial charge in [-0.2, -0.15) is 0 Å². The van der Waals surface area contributed by atoms with Gasteiger partial charge in [0, 0.05) is 17.3 Å². The van der Waals surface area contributed by atoms with Crippen molar-refractivity contribution in [3.8, 4) is 0 Å². The van der Waals surface area contributed by atoms with Gasteiger partial charge in [-0.25, -0.2) is 4.79 Å². The Balaban J connectivity index is 2.06. The number of carbonyl (C=O) groups excluding carboxylic acids is 1. The zero-order valence-electron chi connectivity index (χ0n) is 14.1. The van der Waals surface area contributed by atoms with Crippen molar-refractivity contribution in [3.05, 3.63) is 65.2 Å². The third kappa shape index (κ3) is 4.98.